The number of amides is 2. The number of furan rings is 1. The fraction of sp³-hybridized carbons (Fsp3) is 0.182. The summed E-state index contributed by atoms with van der Waals surface area (Å²) in [5, 5.41) is 4.66. The van der Waals surface area contributed by atoms with E-state index in [4.69, 9.17) is 9.15 Å². The molecule has 0 saturated carbocycles. The summed E-state index contributed by atoms with van der Waals surface area (Å²) >= 11 is 0. The molecule has 0 aliphatic rings. The van der Waals surface area contributed by atoms with Crippen LogP contribution in [0.25, 0.3) is 0 Å². The zero-order valence-corrected chi connectivity index (χ0v) is 16.7. The number of hydrogen-bond donors (Lipinski definition) is 2. The highest BCUT2D eigenvalue weighted by Gasteiger charge is 2.34. The van der Waals surface area contributed by atoms with Crippen molar-refractivity contribution < 1.29 is 31.9 Å². The van der Waals surface area contributed by atoms with E-state index < -0.39 is 29.2 Å². The van der Waals surface area contributed by atoms with E-state index in [-0.39, 0.29) is 16.8 Å². The SMILES string of the molecule is CCOc1ccc(C(=O)Nc2ccc(NC(=O)c3ccoc3)cc2C(F)(F)F)cc1C. The first kappa shape index (κ1) is 21.9. The molecule has 31 heavy (non-hydrogen) atoms. The molecule has 2 aromatic carbocycles. The van der Waals surface area contributed by atoms with Gasteiger partial charge in [-0.05, 0) is 61.9 Å². The van der Waals surface area contributed by atoms with Crippen LogP contribution in [0.15, 0.2) is 59.4 Å². The van der Waals surface area contributed by atoms with Gasteiger partial charge in [0.05, 0.1) is 29.7 Å². The van der Waals surface area contributed by atoms with Gasteiger partial charge in [-0.3, -0.25) is 9.59 Å². The van der Waals surface area contributed by atoms with Crippen molar-refractivity contribution in [3.63, 3.8) is 0 Å². The van der Waals surface area contributed by atoms with Gasteiger partial charge in [-0.15, -0.1) is 0 Å². The van der Waals surface area contributed by atoms with E-state index in [9.17, 15) is 22.8 Å². The van der Waals surface area contributed by atoms with Crippen molar-refractivity contribution >= 4 is 23.2 Å². The van der Waals surface area contributed by atoms with Crippen LogP contribution >= 0.6 is 0 Å². The average molecular weight is 432 g/mol. The predicted octanol–water partition coefficient (Wildman–Crippen LogP) is 5.51. The van der Waals surface area contributed by atoms with E-state index in [1.807, 2.05) is 6.92 Å². The standard InChI is InChI=1S/C22H19F3N2O4/c1-3-31-19-7-4-14(10-13(19)2)20(28)27-18-6-5-16(11-17(18)22(23,24)25)26-21(29)15-8-9-30-12-15/h4-12H,3H2,1-2H3,(H,26,29)(H,27,28). The van der Waals surface area contributed by atoms with E-state index in [2.05, 4.69) is 10.6 Å². The molecule has 0 aliphatic heterocycles. The Bertz CT molecular complexity index is 1090. The molecule has 0 unspecified atom stereocenters. The number of ether oxygens (including phenoxy) is 1. The maximum atomic E-state index is 13.6. The molecule has 162 valence electrons. The van der Waals surface area contributed by atoms with Crippen LogP contribution in [0.2, 0.25) is 0 Å². The Morgan fingerprint density at radius 3 is 2.35 bits per heavy atom. The van der Waals surface area contributed by atoms with Crippen molar-refractivity contribution in [2.75, 3.05) is 17.2 Å². The third kappa shape index (κ3) is 5.25. The molecule has 0 atom stereocenters. The van der Waals surface area contributed by atoms with Gasteiger partial charge in [0.15, 0.2) is 0 Å². The largest absolute Gasteiger partial charge is 0.494 e. The molecule has 0 aliphatic carbocycles. The van der Waals surface area contributed by atoms with Gasteiger partial charge in [0.25, 0.3) is 11.8 Å². The Morgan fingerprint density at radius 2 is 1.74 bits per heavy atom. The minimum Gasteiger partial charge on any atom is -0.494 e. The van der Waals surface area contributed by atoms with Gasteiger partial charge in [-0.1, -0.05) is 0 Å². The molecule has 9 heteroatoms. The predicted molar refractivity (Wildman–Crippen MR) is 108 cm³/mol. The number of rotatable bonds is 6. The molecule has 0 fully saturated rings. The average Bonchev–Trinajstić information content (AvgIpc) is 3.25. The van der Waals surface area contributed by atoms with Crippen molar-refractivity contribution in [1.29, 1.82) is 0 Å². The normalized spacial score (nSPS) is 11.1. The number of hydrogen-bond acceptors (Lipinski definition) is 4. The summed E-state index contributed by atoms with van der Waals surface area (Å²) in [6.45, 7) is 4.01. The molecule has 2 N–H and O–H groups in total. The second-order valence-corrected chi connectivity index (χ2v) is 6.59. The second kappa shape index (κ2) is 8.95. The number of halogens is 3. The fourth-order valence-corrected chi connectivity index (χ4v) is 2.87. The van der Waals surface area contributed by atoms with Crippen molar-refractivity contribution in [3.05, 3.63) is 77.2 Å². The molecule has 0 bridgehead atoms. The maximum Gasteiger partial charge on any atom is 0.418 e. The summed E-state index contributed by atoms with van der Waals surface area (Å²) in [5.74, 6) is -0.733. The highest BCUT2D eigenvalue weighted by atomic mass is 19.4. The summed E-state index contributed by atoms with van der Waals surface area (Å²) in [4.78, 5) is 24.6. The zero-order valence-electron chi connectivity index (χ0n) is 16.7. The lowest BCUT2D eigenvalue weighted by Gasteiger charge is -2.16. The van der Waals surface area contributed by atoms with Crippen molar-refractivity contribution in [1.82, 2.24) is 0 Å². The Morgan fingerprint density at radius 1 is 1.00 bits per heavy atom. The topological polar surface area (TPSA) is 80.6 Å². The molecule has 0 spiro atoms. The zero-order chi connectivity index (χ0) is 22.6. The minimum absolute atomic E-state index is 0.0755. The van der Waals surface area contributed by atoms with Crippen LogP contribution in [0.3, 0.4) is 0 Å². The highest BCUT2D eigenvalue weighted by Crippen LogP contribution is 2.37. The number of nitrogens with one attached hydrogen (secondary N) is 2. The monoisotopic (exact) mass is 432 g/mol. The lowest BCUT2D eigenvalue weighted by molar-refractivity contribution is -0.136. The first-order chi connectivity index (χ1) is 14.7. The summed E-state index contributed by atoms with van der Waals surface area (Å²) in [6.07, 6.45) is -2.31. The number of aryl methyl sites for hydroxylation is 1. The van der Waals surface area contributed by atoms with Crippen LogP contribution in [-0.4, -0.2) is 18.4 Å². The van der Waals surface area contributed by atoms with Gasteiger partial charge in [0.1, 0.15) is 12.0 Å². The molecular weight excluding hydrogens is 413 g/mol. The molecule has 1 heterocycles. The number of carbonyl (C=O) groups excluding carboxylic acids is 2. The summed E-state index contributed by atoms with van der Waals surface area (Å²) < 4.78 is 51.0. The molecule has 0 saturated heterocycles. The number of anilines is 2. The number of benzene rings is 2. The van der Waals surface area contributed by atoms with Crippen LogP contribution in [0, 0.1) is 6.92 Å². The molecule has 3 rings (SSSR count). The summed E-state index contributed by atoms with van der Waals surface area (Å²) in [5.41, 5.74) is -0.557. The lowest BCUT2D eigenvalue weighted by atomic mass is 10.1. The van der Waals surface area contributed by atoms with Gasteiger partial charge in [0, 0.05) is 11.3 Å². The van der Waals surface area contributed by atoms with Gasteiger partial charge in [-0.25, -0.2) is 0 Å². The fourth-order valence-electron chi connectivity index (χ4n) is 2.87. The van der Waals surface area contributed by atoms with Crippen LogP contribution in [0.4, 0.5) is 24.5 Å². The third-order valence-corrected chi connectivity index (χ3v) is 4.35. The first-order valence-corrected chi connectivity index (χ1v) is 9.28. The number of alkyl halides is 3. The van der Waals surface area contributed by atoms with Gasteiger partial charge in [-0.2, -0.15) is 13.2 Å². The second-order valence-electron chi connectivity index (χ2n) is 6.59. The van der Waals surface area contributed by atoms with Crippen molar-refractivity contribution in [3.8, 4) is 5.75 Å². The lowest BCUT2D eigenvalue weighted by Crippen LogP contribution is -2.18. The van der Waals surface area contributed by atoms with Crippen molar-refractivity contribution in [2.24, 2.45) is 0 Å². The van der Waals surface area contributed by atoms with Crippen LogP contribution < -0.4 is 15.4 Å². The van der Waals surface area contributed by atoms with E-state index in [1.54, 1.807) is 13.0 Å². The molecule has 1 aromatic heterocycles. The Kier molecular flexibility index (Phi) is 6.33. The van der Waals surface area contributed by atoms with Crippen LogP contribution in [-0.2, 0) is 6.18 Å². The minimum atomic E-state index is -4.76. The van der Waals surface area contributed by atoms with Crippen molar-refractivity contribution in [2.45, 2.75) is 20.0 Å². The van der Waals surface area contributed by atoms with Crippen LogP contribution in [0.5, 0.6) is 5.75 Å². The Balaban J connectivity index is 1.84. The quantitative estimate of drug-likeness (QED) is 0.538. The third-order valence-electron chi connectivity index (χ3n) is 4.35. The van der Waals surface area contributed by atoms with E-state index in [0.717, 1.165) is 12.1 Å². The van der Waals surface area contributed by atoms with E-state index in [0.29, 0.717) is 17.9 Å². The molecule has 2 amide bonds. The summed E-state index contributed by atoms with van der Waals surface area (Å²) in [7, 11) is 0. The van der Waals surface area contributed by atoms with Gasteiger partial charge >= 0.3 is 6.18 Å². The van der Waals surface area contributed by atoms with Gasteiger partial charge in [0.2, 0.25) is 0 Å². The molecule has 3 aromatic rings. The van der Waals surface area contributed by atoms with Crippen LogP contribution in [0.1, 0.15) is 38.8 Å². The summed E-state index contributed by atoms with van der Waals surface area (Å²) in [6, 6.07) is 9.10. The molecule has 6 nitrogen and oxygen atoms in total. The highest BCUT2D eigenvalue weighted by molar-refractivity contribution is 6.06. The molecular formula is C22H19F3N2O4. The first-order valence-electron chi connectivity index (χ1n) is 9.28. The Labute approximate surface area is 176 Å². The molecule has 0 radical (unpaired) electrons. The Hall–Kier alpha value is -3.75. The van der Waals surface area contributed by atoms with E-state index >= 15 is 0 Å². The number of carbonyl (C=O) groups is 2. The van der Waals surface area contributed by atoms with Gasteiger partial charge < -0.3 is 19.8 Å². The maximum absolute atomic E-state index is 13.6. The smallest absolute Gasteiger partial charge is 0.418 e. The van der Waals surface area contributed by atoms with E-state index in [1.165, 1.54) is 36.8 Å².